The van der Waals surface area contributed by atoms with Crippen molar-refractivity contribution >= 4 is 52.2 Å². The molecule has 1 aromatic carbocycles. The predicted molar refractivity (Wildman–Crippen MR) is 99.1 cm³/mol. The quantitative estimate of drug-likeness (QED) is 0.555. The zero-order valence-electron chi connectivity index (χ0n) is 13.5. The molecular formula is C17H17NO5S2. The first-order valence-electron chi connectivity index (χ1n) is 7.64. The van der Waals surface area contributed by atoms with E-state index in [-0.39, 0.29) is 17.2 Å². The lowest BCUT2D eigenvalue weighted by Gasteiger charge is -2.22. The van der Waals surface area contributed by atoms with Gasteiger partial charge in [-0.25, -0.2) is 4.79 Å². The molecule has 6 nitrogen and oxygen atoms in total. The zero-order valence-corrected chi connectivity index (χ0v) is 15.1. The van der Waals surface area contributed by atoms with E-state index in [4.69, 9.17) is 17.3 Å². The van der Waals surface area contributed by atoms with Gasteiger partial charge in [0, 0.05) is 6.42 Å². The smallest absolute Gasteiger partial charge is 0.326 e. The van der Waals surface area contributed by atoms with E-state index in [9.17, 15) is 19.5 Å². The molecular weight excluding hydrogens is 362 g/mol. The highest BCUT2D eigenvalue weighted by atomic mass is 32.2. The molecule has 1 fully saturated rings. The number of carbonyl (C=O) groups excluding carboxylic acids is 1. The summed E-state index contributed by atoms with van der Waals surface area (Å²) in [5, 5.41) is 18.1. The molecule has 1 unspecified atom stereocenters. The fourth-order valence-corrected chi connectivity index (χ4v) is 3.73. The molecule has 2 N–H and O–H groups in total. The number of benzene rings is 1. The number of hydrogen-bond donors (Lipinski definition) is 2. The number of amides is 1. The van der Waals surface area contributed by atoms with E-state index in [2.05, 4.69) is 0 Å². The molecule has 0 aliphatic carbocycles. The van der Waals surface area contributed by atoms with Gasteiger partial charge in [-0.2, -0.15) is 0 Å². The highest BCUT2D eigenvalue weighted by Gasteiger charge is 2.40. The van der Waals surface area contributed by atoms with Crippen LogP contribution in [0.4, 0.5) is 0 Å². The molecule has 1 saturated heterocycles. The molecule has 1 aromatic rings. The molecule has 25 heavy (non-hydrogen) atoms. The van der Waals surface area contributed by atoms with Gasteiger partial charge < -0.3 is 10.2 Å². The Kier molecular flexibility index (Phi) is 6.33. The minimum atomic E-state index is -1.28. The van der Waals surface area contributed by atoms with E-state index in [1.54, 1.807) is 6.08 Å². The summed E-state index contributed by atoms with van der Waals surface area (Å²) in [6, 6.07) is 6.39. The Morgan fingerprint density at radius 1 is 1.28 bits per heavy atom. The second kappa shape index (κ2) is 8.26. The monoisotopic (exact) mass is 379 g/mol. The van der Waals surface area contributed by atoms with Crippen LogP contribution in [0.5, 0.6) is 0 Å². The zero-order chi connectivity index (χ0) is 18.6. The van der Waals surface area contributed by atoms with Gasteiger partial charge in [0.05, 0.1) is 4.91 Å². The molecule has 2 rings (SSSR count). The van der Waals surface area contributed by atoms with Crippen molar-refractivity contribution in [2.24, 2.45) is 0 Å². The summed E-state index contributed by atoms with van der Waals surface area (Å²) in [7, 11) is 0. The summed E-state index contributed by atoms with van der Waals surface area (Å²) in [6.45, 7) is 2.04. The van der Waals surface area contributed by atoms with Gasteiger partial charge in [-0.1, -0.05) is 55.2 Å². The average Bonchev–Trinajstić information content (AvgIpc) is 2.83. The number of thiocarbonyl (C=S) groups is 1. The Labute approximate surface area is 154 Å². The van der Waals surface area contributed by atoms with Crippen LogP contribution in [0, 0.1) is 0 Å². The molecule has 0 bridgehead atoms. The SMILES string of the molecule is CCc1ccc(C=C2SC(=S)N(C(CCC(=O)O)C(=O)O)C2=O)cc1. The van der Waals surface area contributed by atoms with Gasteiger partial charge in [-0.15, -0.1) is 0 Å². The Balaban J connectivity index is 2.23. The third-order valence-electron chi connectivity index (χ3n) is 3.74. The van der Waals surface area contributed by atoms with Crippen LogP contribution in [0.25, 0.3) is 6.08 Å². The Hall–Kier alpha value is -2.19. The van der Waals surface area contributed by atoms with E-state index >= 15 is 0 Å². The number of carboxylic acids is 2. The molecule has 8 heteroatoms. The molecule has 0 saturated carbocycles. The number of thioether (sulfide) groups is 1. The van der Waals surface area contributed by atoms with Gasteiger partial charge in [-0.3, -0.25) is 14.5 Å². The minimum Gasteiger partial charge on any atom is -0.481 e. The van der Waals surface area contributed by atoms with E-state index in [0.717, 1.165) is 28.6 Å². The van der Waals surface area contributed by atoms with Gasteiger partial charge >= 0.3 is 11.9 Å². The molecule has 0 aromatic heterocycles. The Morgan fingerprint density at radius 2 is 1.92 bits per heavy atom. The van der Waals surface area contributed by atoms with Crippen molar-refractivity contribution in [1.29, 1.82) is 0 Å². The van der Waals surface area contributed by atoms with E-state index < -0.39 is 23.9 Å². The molecule has 1 amide bonds. The topological polar surface area (TPSA) is 94.9 Å². The van der Waals surface area contributed by atoms with Gasteiger partial charge in [-0.05, 0) is 30.0 Å². The molecule has 1 atom stereocenters. The van der Waals surface area contributed by atoms with Crippen LogP contribution in [-0.2, 0) is 20.8 Å². The second-order valence-electron chi connectivity index (χ2n) is 5.43. The molecule has 0 spiro atoms. The largest absolute Gasteiger partial charge is 0.481 e. The van der Waals surface area contributed by atoms with Crippen LogP contribution in [0.15, 0.2) is 29.2 Å². The second-order valence-corrected chi connectivity index (χ2v) is 7.11. The lowest BCUT2D eigenvalue weighted by molar-refractivity contribution is -0.146. The number of nitrogens with zero attached hydrogens (tertiary/aromatic N) is 1. The van der Waals surface area contributed by atoms with Crippen LogP contribution in [0.3, 0.4) is 0 Å². The predicted octanol–water partition coefficient (Wildman–Crippen LogP) is 2.77. The fraction of sp³-hybridized carbons (Fsp3) is 0.294. The highest BCUT2D eigenvalue weighted by Crippen LogP contribution is 2.35. The van der Waals surface area contributed by atoms with Crippen LogP contribution in [0.2, 0.25) is 0 Å². The molecule has 132 valence electrons. The number of hydrogen-bond acceptors (Lipinski definition) is 5. The Bertz CT molecular complexity index is 742. The third-order valence-corrected chi connectivity index (χ3v) is 5.07. The third kappa shape index (κ3) is 4.67. The summed E-state index contributed by atoms with van der Waals surface area (Å²) >= 11 is 6.17. The normalized spacial score (nSPS) is 17.2. The van der Waals surface area contributed by atoms with Crippen molar-refractivity contribution in [3.8, 4) is 0 Å². The number of aryl methyl sites for hydroxylation is 1. The summed E-state index contributed by atoms with van der Waals surface area (Å²) in [4.78, 5) is 36.1. The molecule has 0 radical (unpaired) electrons. The van der Waals surface area contributed by atoms with Crippen molar-refractivity contribution in [3.05, 3.63) is 40.3 Å². The first kappa shape index (κ1) is 19.1. The molecule has 1 heterocycles. The van der Waals surface area contributed by atoms with Crippen LogP contribution >= 0.6 is 24.0 Å². The maximum atomic E-state index is 12.6. The molecule has 1 aliphatic heterocycles. The van der Waals surface area contributed by atoms with Crippen LogP contribution in [-0.4, -0.2) is 43.3 Å². The fourth-order valence-electron chi connectivity index (χ4n) is 2.37. The first-order valence-corrected chi connectivity index (χ1v) is 8.86. The van der Waals surface area contributed by atoms with Gasteiger partial charge in [0.1, 0.15) is 10.4 Å². The summed E-state index contributed by atoms with van der Waals surface area (Å²) in [5.74, 6) is -2.90. The standard InChI is InChI=1S/C17H17NO5S2/c1-2-10-3-5-11(6-4-10)9-13-15(21)18(17(24)25-13)12(16(22)23)7-8-14(19)20/h3-6,9,12H,2,7-8H2,1H3,(H,19,20)(H,22,23). The summed E-state index contributed by atoms with van der Waals surface area (Å²) in [5.41, 5.74) is 1.99. The first-order chi connectivity index (χ1) is 11.8. The van der Waals surface area contributed by atoms with E-state index in [0.29, 0.717) is 4.91 Å². The number of carbonyl (C=O) groups is 3. The molecule has 1 aliphatic rings. The van der Waals surface area contributed by atoms with Crippen LogP contribution < -0.4 is 0 Å². The van der Waals surface area contributed by atoms with Crippen LogP contribution in [0.1, 0.15) is 30.9 Å². The number of rotatable bonds is 7. The van der Waals surface area contributed by atoms with Crippen molar-refractivity contribution in [3.63, 3.8) is 0 Å². The maximum Gasteiger partial charge on any atom is 0.326 e. The summed E-state index contributed by atoms with van der Waals surface area (Å²) < 4.78 is 0.124. The highest BCUT2D eigenvalue weighted by molar-refractivity contribution is 8.26. The van der Waals surface area contributed by atoms with Crippen molar-refractivity contribution in [1.82, 2.24) is 4.90 Å². The lowest BCUT2D eigenvalue weighted by atomic mass is 10.1. The minimum absolute atomic E-state index is 0.124. The average molecular weight is 379 g/mol. The lowest BCUT2D eigenvalue weighted by Crippen LogP contribution is -2.44. The maximum absolute atomic E-state index is 12.6. The van der Waals surface area contributed by atoms with Gasteiger partial charge in [0.25, 0.3) is 5.91 Å². The van der Waals surface area contributed by atoms with E-state index in [1.165, 1.54) is 5.56 Å². The van der Waals surface area contributed by atoms with E-state index in [1.807, 2.05) is 31.2 Å². The number of aliphatic carboxylic acids is 2. The van der Waals surface area contributed by atoms with Gasteiger partial charge in [0.2, 0.25) is 0 Å². The van der Waals surface area contributed by atoms with Crippen molar-refractivity contribution < 1.29 is 24.6 Å². The Morgan fingerprint density at radius 3 is 2.44 bits per heavy atom. The summed E-state index contributed by atoms with van der Waals surface area (Å²) in [6.07, 6.45) is 2.02. The van der Waals surface area contributed by atoms with Crippen molar-refractivity contribution in [2.75, 3.05) is 0 Å². The van der Waals surface area contributed by atoms with Crippen molar-refractivity contribution in [2.45, 2.75) is 32.2 Å². The number of carboxylic acid groups (broad SMARTS) is 2. The van der Waals surface area contributed by atoms with Gasteiger partial charge in [0.15, 0.2) is 0 Å².